The maximum absolute atomic E-state index is 13.6. The molecule has 1 N–H and O–H groups in total. The second kappa shape index (κ2) is 8.49. The van der Waals surface area contributed by atoms with E-state index in [-0.39, 0.29) is 23.9 Å². The van der Waals surface area contributed by atoms with Crippen LogP contribution in [0.15, 0.2) is 24.4 Å². The highest BCUT2D eigenvalue weighted by Gasteiger charge is 2.49. The first-order chi connectivity index (χ1) is 16.3. The zero-order chi connectivity index (χ0) is 24.0. The van der Waals surface area contributed by atoms with E-state index in [2.05, 4.69) is 16.0 Å². The Bertz CT molecular complexity index is 1210. The molecule has 0 unspecified atom stereocenters. The molecule has 1 amide bonds. The van der Waals surface area contributed by atoms with Gasteiger partial charge in [-0.15, -0.1) is 0 Å². The van der Waals surface area contributed by atoms with Gasteiger partial charge in [0.1, 0.15) is 18.8 Å². The van der Waals surface area contributed by atoms with Crippen LogP contribution in [0.2, 0.25) is 0 Å². The lowest BCUT2D eigenvalue weighted by Crippen LogP contribution is -2.45. The van der Waals surface area contributed by atoms with Crippen LogP contribution in [0.4, 0.5) is 5.69 Å². The molecule has 0 bridgehead atoms. The second-order valence-electron chi connectivity index (χ2n) is 9.65. The Kier molecular flexibility index (Phi) is 5.62. The van der Waals surface area contributed by atoms with E-state index >= 15 is 0 Å². The average Bonchev–Trinajstić information content (AvgIpc) is 3.36. The minimum atomic E-state index is -0.740. The Balaban J connectivity index is 1.24. The number of aliphatic hydroxyl groups is 1. The molecule has 0 saturated carbocycles. The number of nitrogens with zero attached hydrogens (tertiary/aromatic N) is 4. The van der Waals surface area contributed by atoms with Gasteiger partial charge in [-0.25, -0.2) is 4.79 Å². The van der Waals surface area contributed by atoms with E-state index < -0.39 is 6.10 Å². The van der Waals surface area contributed by atoms with Crippen LogP contribution in [0.5, 0.6) is 0 Å². The van der Waals surface area contributed by atoms with E-state index in [0.29, 0.717) is 29.9 Å². The van der Waals surface area contributed by atoms with Crippen molar-refractivity contribution in [1.82, 2.24) is 9.88 Å². The van der Waals surface area contributed by atoms with E-state index in [1.165, 1.54) is 6.20 Å². The van der Waals surface area contributed by atoms with E-state index in [0.717, 1.165) is 54.7 Å². The Hall–Kier alpha value is -3.28. The molecular weight excluding hydrogens is 432 g/mol. The van der Waals surface area contributed by atoms with Crippen molar-refractivity contribution in [3.05, 3.63) is 57.9 Å². The molecule has 1 aromatic heterocycles. The number of hydrogen-bond donors (Lipinski definition) is 1. The number of nitriles is 1. The van der Waals surface area contributed by atoms with Crippen molar-refractivity contribution in [2.75, 3.05) is 31.1 Å². The predicted octanol–water partition coefficient (Wildman–Crippen LogP) is 2.79. The highest BCUT2D eigenvalue weighted by Crippen LogP contribution is 2.44. The van der Waals surface area contributed by atoms with Gasteiger partial charge in [-0.1, -0.05) is 0 Å². The number of ether oxygens (including phenoxy) is 1. The van der Waals surface area contributed by atoms with Crippen molar-refractivity contribution in [2.24, 2.45) is 5.41 Å². The number of rotatable bonds is 4. The summed E-state index contributed by atoms with van der Waals surface area (Å²) in [6, 6.07) is 7.51. The molecular formula is C26H28N4O4. The molecule has 1 spiro atoms. The van der Waals surface area contributed by atoms with Crippen molar-refractivity contribution < 1.29 is 19.4 Å². The molecule has 176 valence electrons. The smallest absolute Gasteiger partial charge is 0.338 e. The number of carbonyl (C=O) groups excluding carboxylic acids is 2. The summed E-state index contributed by atoms with van der Waals surface area (Å²) in [5.41, 5.74) is 4.81. The van der Waals surface area contributed by atoms with Crippen molar-refractivity contribution >= 4 is 17.6 Å². The molecule has 1 aromatic carbocycles. The normalized spacial score (nSPS) is 20.4. The lowest BCUT2D eigenvalue weighted by molar-refractivity contribution is -0.128. The number of likely N-dealkylation sites (tertiary alicyclic amines) is 1. The fourth-order valence-electron chi connectivity index (χ4n) is 5.52. The second-order valence-corrected chi connectivity index (χ2v) is 9.65. The zero-order valence-corrected chi connectivity index (χ0v) is 19.5. The monoisotopic (exact) mass is 460 g/mol. The van der Waals surface area contributed by atoms with Crippen molar-refractivity contribution in [1.29, 1.82) is 5.26 Å². The topological polar surface area (TPSA) is 107 Å². The van der Waals surface area contributed by atoms with Gasteiger partial charge in [0.25, 0.3) is 0 Å². The summed E-state index contributed by atoms with van der Waals surface area (Å²) in [5.74, 6) is -0.139. The van der Waals surface area contributed by atoms with Crippen LogP contribution in [0.1, 0.15) is 63.7 Å². The molecule has 4 heterocycles. The summed E-state index contributed by atoms with van der Waals surface area (Å²) < 4.78 is 5.16. The number of hydrogen-bond acceptors (Lipinski definition) is 7. The molecule has 34 heavy (non-hydrogen) atoms. The molecule has 3 aliphatic rings. The minimum absolute atomic E-state index is 0.158. The molecule has 0 aliphatic carbocycles. The van der Waals surface area contributed by atoms with Gasteiger partial charge in [-0.3, -0.25) is 9.78 Å². The standard InChI is InChI=1S/C26H28N4O4/c1-16-11-21(28-13-18(16)12-27)23(31)14-29-8-5-26(6-9-29)7-10-30(25(26)33)22-4-3-19-20(17(22)2)15-34-24(19)32/h3-4,11,13,23,31H,5-10,14-15H2,1-2H3/t23-/m1/s1. The van der Waals surface area contributed by atoms with Gasteiger partial charge in [-0.2, -0.15) is 5.26 Å². The Morgan fingerprint density at radius 1 is 1.21 bits per heavy atom. The number of esters is 1. The van der Waals surface area contributed by atoms with E-state index in [1.807, 2.05) is 24.8 Å². The number of pyridine rings is 1. The molecule has 2 saturated heterocycles. The van der Waals surface area contributed by atoms with Gasteiger partial charge in [0.05, 0.1) is 22.2 Å². The summed E-state index contributed by atoms with van der Waals surface area (Å²) in [5, 5.41) is 19.8. The Labute approximate surface area is 198 Å². The highest BCUT2D eigenvalue weighted by molar-refractivity contribution is 6.02. The maximum Gasteiger partial charge on any atom is 0.338 e. The predicted molar refractivity (Wildman–Crippen MR) is 124 cm³/mol. The summed E-state index contributed by atoms with van der Waals surface area (Å²) in [7, 11) is 0. The fourth-order valence-corrected chi connectivity index (χ4v) is 5.52. The lowest BCUT2D eigenvalue weighted by atomic mass is 9.77. The number of benzene rings is 1. The molecule has 5 rings (SSSR count). The molecule has 0 radical (unpaired) electrons. The number of aromatic nitrogens is 1. The van der Waals surface area contributed by atoms with Crippen LogP contribution >= 0.6 is 0 Å². The maximum atomic E-state index is 13.6. The number of β-amino-alcohol motifs (C(OH)–C–C–N with tert-alkyl or cyclic N) is 1. The summed E-state index contributed by atoms with van der Waals surface area (Å²) >= 11 is 0. The molecule has 8 nitrogen and oxygen atoms in total. The van der Waals surface area contributed by atoms with Crippen molar-refractivity contribution in [2.45, 2.75) is 45.8 Å². The number of fused-ring (bicyclic) bond motifs is 1. The summed E-state index contributed by atoms with van der Waals surface area (Å²) in [4.78, 5) is 33.7. The van der Waals surface area contributed by atoms with Crippen LogP contribution in [-0.2, 0) is 16.1 Å². The number of piperidine rings is 1. The first-order valence-corrected chi connectivity index (χ1v) is 11.7. The third-order valence-corrected chi connectivity index (χ3v) is 7.78. The van der Waals surface area contributed by atoms with E-state index in [9.17, 15) is 14.7 Å². The van der Waals surface area contributed by atoms with Crippen LogP contribution < -0.4 is 4.90 Å². The lowest BCUT2D eigenvalue weighted by Gasteiger charge is -2.38. The highest BCUT2D eigenvalue weighted by atomic mass is 16.5. The number of amides is 1. The fraction of sp³-hybridized carbons (Fsp3) is 0.462. The van der Waals surface area contributed by atoms with Crippen LogP contribution in [0.3, 0.4) is 0 Å². The molecule has 8 heteroatoms. The molecule has 2 aromatic rings. The average molecular weight is 461 g/mol. The summed E-state index contributed by atoms with van der Waals surface area (Å²) in [6.07, 6.45) is 3.08. The number of carbonyl (C=O) groups is 2. The summed E-state index contributed by atoms with van der Waals surface area (Å²) in [6.45, 7) is 6.65. The number of anilines is 1. The third-order valence-electron chi connectivity index (χ3n) is 7.78. The van der Waals surface area contributed by atoms with Gasteiger partial charge in [0, 0.05) is 30.5 Å². The molecule has 3 aliphatic heterocycles. The van der Waals surface area contributed by atoms with Crippen molar-refractivity contribution in [3.8, 4) is 6.07 Å². The van der Waals surface area contributed by atoms with Gasteiger partial charge < -0.3 is 19.6 Å². The third kappa shape index (κ3) is 3.65. The van der Waals surface area contributed by atoms with Gasteiger partial charge in [-0.05, 0) is 75.5 Å². The molecule has 2 fully saturated rings. The minimum Gasteiger partial charge on any atom is -0.457 e. The largest absolute Gasteiger partial charge is 0.457 e. The van der Waals surface area contributed by atoms with Crippen molar-refractivity contribution in [3.63, 3.8) is 0 Å². The van der Waals surface area contributed by atoms with Crippen LogP contribution in [0.25, 0.3) is 0 Å². The Morgan fingerprint density at radius 3 is 2.65 bits per heavy atom. The zero-order valence-electron chi connectivity index (χ0n) is 19.5. The number of aliphatic hydroxyl groups excluding tert-OH is 1. The van der Waals surface area contributed by atoms with E-state index in [4.69, 9.17) is 10.00 Å². The quantitative estimate of drug-likeness (QED) is 0.699. The van der Waals surface area contributed by atoms with Crippen LogP contribution in [-0.4, -0.2) is 53.0 Å². The van der Waals surface area contributed by atoms with Gasteiger partial charge >= 0.3 is 5.97 Å². The van der Waals surface area contributed by atoms with Gasteiger partial charge in [0.2, 0.25) is 5.91 Å². The Morgan fingerprint density at radius 2 is 1.94 bits per heavy atom. The first kappa shape index (κ1) is 22.5. The van der Waals surface area contributed by atoms with Crippen LogP contribution in [0, 0.1) is 30.6 Å². The number of aryl methyl sites for hydroxylation is 1. The van der Waals surface area contributed by atoms with Gasteiger partial charge in [0.15, 0.2) is 0 Å². The first-order valence-electron chi connectivity index (χ1n) is 11.7. The van der Waals surface area contributed by atoms with E-state index in [1.54, 1.807) is 12.1 Å². The molecule has 1 atom stereocenters. The SMILES string of the molecule is Cc1cc([C@H](O)CN2CCC3(CC2)CCN(c2ccc4c(c2C)COC4=O)C3=O)ncc1C#N. The number of cyclic esters (lactones) is 1.